The van der Waals surface area contributed by atoms with E-state index in [-0.39, 0.29) is 17.5 Å². The molecule has 5 rings (SSSR count). The van der Waals surface area contributed by atoms with Crippen LogP contribution in [0.5, 0.6) is 11.5 Å². The third kappa shape index (κ3) is 7.13. The Bertz CT molecular complexity index is 1500. The van der Waals surface area contributed by atoms with Crippen LogP contribution < -0.4 is 14.8 Å². The van der Waals surface area contributed by atoms with Crippen LogP contribution in [0.4, 0.5) is 17.6 Å². The van der Waals surface area contributed by atoms with E-state index in [0.717, 1.165) is 17.7 Å². The number of rotatable bonds is 5. The van der Waals surface area contributed by atoms with Gasteiger partial charge in [-0.1, -0.05) is 42.5 Å². The summed E-state index contributed by atoms with van der Waals surface area (Å²) in [4.78, 5) is 28.8. The molecule has 0 aliphatic carbocycles. The second-order valence-electron chi connectivity index (χ2n) is 8.46. The van der Waals surface area contributed by atoms with Gasteiger partial charge in [0.1, 0.15) is 11.4 Å². The molecule has 1 atom stereocenters. The van der Waals surface area contributed by atoms with Crippen LogP contribution in [-0.2, 0) is 0 Å². The summed E-state index contributed by atoms with van der Waals surface area (Å²) in [6.07, 6.45) is -2.56. The molecule has 1 unspecified atom stereocenters. The number of halogens is 4. The second-order valence-corrected chi connectivity index (χ2v) is 8.46. The summed E-state index contributed by atoms with van der Waals surface area (Å²) < 4.78 is 56.0. The van der Waals surface area contributed by atoms with Crippen molar-refractivity contribution in [3.8, 4) is 22.6 Å². The Kier molecular flexibility index (Phi) is 8.63. The maximum atomic E-state index is 12.9. The van der Waals surface area contributed by atoms with Gasteiger partial charge in [0.15, 0.2) is 11.6 Å². The SMILES string of the molecule is Fc1ccccc1OC(F)(F)F.O=C(NC1CCOc2cccnc21)c1ccc(C(=O)O)c(-c2ccccc2)c1. The molecule has 4 aromatic rings. The number of carboxylic acids is 1. The maximum absolute atomic E-state index is 12.9. The van der Waals surface area contributed by atoms with Gasteiger partial charge >= 0.3 is 12.3 Å². The number of fused-ring (bicyclic) bond motifs is 1. The molecule has 2 N–H and O–H groups in total. The zero-order valence-electron chi connectivity index (χ0n) is 20.7. The van der Waals surface area contributed by atoms with Gasteiger partial charge in [-0.2, -0.15) is 0 Å². The van der Waals surface area contributed by atoms with Gasteiger partial charge < -0.3 is 19.9 Å². The third-order valence-corrected chi connectivity index (χ3v) is 5.76. The van der Waals surface area contributed by atoms with Gasteiger partial charge in [-0.05, 0) is 53.6 Å². The first-order valence-corrected chi connectivity index (χ1v) is 11.9. The van der Waals surface area contributed by atoms with Gasteiger partial charge in [0.05, 0.1) is 18.2 Å². The number of hydrogen-bond donors (Lipinski definition) is 2. The fourth-order valence-corrected chi connectivity index (χ4v) is 3.97. The molecule has 3 aromatic carbocycles. The average molecular weight is 554 g/mol. The number of para-hydroxylation sites is 1. The quantitative estimate of drug-likeness (QED) is 0.276. The van der Waals surface area contributed by atoms with Gasteiger partial charge in [-0.3, -0.25) is 9.78 Å². The summed E-state index contributed by atoms with van der Waals surface area (Å²) in [5, 5.41) is 12.5. The molecule has 7 nitrogen and oxygen atoms in total. The summed E-state index contributed by atoms with van der Waals surface area (Å²) in [6.45, 7) is 0.497. The van der Waals surface area contributed by atoms with Crippen molar-refractivity contribution in [3.05, 3.63) is 114 Å². The smallest absolute Gasteiger partial charge is 0.491 e. The highest BCUT2D eigenvalue weighted by molar-refractivity contribution is 6.01. The van der Waals surface area contributed by atoms with E-state index in [1.54, 1.807) is 18.3 Å². The zero-order chi connectivity index (χ0) is 28.7. The molecule has 0 radical (unpaired) electrons. The Morgan fingerprint density at radius 1 is 0.975 bits per heavy atom. The lowest BCUT2D eigenvalue weighted by atomic mass is 9.96. The van der Waals surface area contributed by atoms with Crippen molar-refractivity contribution in [2.45, 2.75) is 18.8 Å². The number of nitrogens with one attached hydrogen (secondary N) is 1. The van der Waals surface area contributed by atoms with Crippen molar-refractivity contribution >= 4 is 11.9 Å². The van der Waals surface area contributed by atoms with Crippen LogP contribution in [0.25, 0.3) is 11.1 Å². The monoisotopic (exact) mass is 554 g/mol. The van der Waals surface area contributed by atoms with Crippen LogP contribution in [0.15, 0.2) is 91.1 Å². The van der Waals surface area contributed by atoms with E-state index in [0.29, 0.717) is 35.6 Å². The molecule has 40 heavy (non-hydrogen) atoms. The molecule has 0 bridgehead atoms. The highest BCUT2D eigenvalue weighted by Gasteiger charge is 2.32. The summed E-state index contributed by atoms with van der Waals surface area (Å²) in [5.41, 5.74) is 2.50. The fourth-order valence-electron chi connectivity index (χ4n) is 3.97. The number of carbonyl (C=O) groups is 2. The van der Waals surface area contributed by atoms with Crippen LogP contribution >= 0.6 is 0 Å². The van der Waals surface area contributed by atoms with Crippen LogP contribution in [-0.4, -0.2) is 34.9 Å². The average Bonchev–Trinajstić information content (AvgIpc) is 2.94. The zero-order valence-corrected chi connectivity index (χ0v) is 20.7. The second kappa shape index (κ2) is 12.3. The predicted octanol–water partition coefficient (Wildman–Crippen LogP) is 6.42. The van der Waals surface area contributed by atoms with Crippen LogP contribution in [0.2, 0.25) is 0 Å². The Morgan fingerprint density at radius 2 is 1.70 bits per heavy atom. The van der Waals surface area contributed by atoms with Crippen LogP contribution in [0.1, 0.15) is 38.9 Å². The Balaban J connectivity index is 0.000000259. The third-order valence-electron chi connectivity index (χ3n) is 5.76. The number of amides is 1. The van der Waals surface area contributed by atoms with Gasteiger partial charge in [0, 0.05) is 18.2 Å². The number of hydrogen-bond acceptors (Lipinski definition) is 5. The first kappa shape index (κ1) is 28.1. The molecule has 0 saturated carbocycles. The molecule has 206 valence electrons. The van der Waals surface area contributed by atoms with Gasteiger partial charge in [-0.15, -0.1) is 13.2 Å². The van der Waals surface area contributed by atoms with E-state index >= 15 is 0 Å². The number of carbonyl (C=O) groups excluding carboxylic acids is 1. The number of carboxylic acid groups (broad SMARTS) is 1. The van der Waals surface area contributed by atoms with Crippen LogP contribution in [0.3, 0.4) is 0 Å². The van der Waals surface area contributed by atoms with Crippen molar-refractivity contribution in [1.29, 1.82) is 0 Å². The number of aromatic nitrogens is 1. The number of benzene rings is 3. The van der Waals surface area contributed by atoms with E-state index < -0.39 is 23.9 Å². The van der Waals surface area contributed by atoms with Crippen LogP contribution in [0, 0.1) is 5.82 Å². The Labute approximate surface area is 226 Å². The lowest BCUT2D eigenvalue weighted by molar-refractivity contribution is -0.275. The minimum atomic E-state index is -4.85. The molecule has 1 aliphatic rings. The minimum absolute atomic E-state index is 0.154. The van der Waals surface area contributed by atoms with Gasteiger partial charge in [-0.25, -0.2) is 9.18 Å². The number of pyridine rings is 1. The van der Waals surface area contributed by atoms with E-state index in [1.165, 1.54) is 24.3 Å². The first-order chi connectivity index (χ1) is 19.1. The molecular weight excluding hydrogens is 532 g/mol. The molecule has 11 heteroatoms. The number of aromatic carboxylic acids is 1. The molecule has 0 spiro atoms. The number of nitrogens with zero attached hydrogens (tertiary/aromatic N) is 1. The number of ether oxygens (including phenoxy) is 2. The standard InChI is InChI=1S/C22H18N2O4.C7H4F4O/c25-21(24-18-10-12-28-19-7-4-11-23-20(18)19)15-8-9-16(22(26)27)17(13-15)14-5-2-1-3-6-14;8-5-3-1-2-4-6(5)12-7(9,10)11/h1-9,11,13,18H,10,12H2,(H,24,25)(H,26,27);1-4H. The highest BCUT2D eigenvalue weighted by Crippen LogP contribution is 2.31. The summed E-state index contributed by atoms with van der Waals surface area (Å²) in [5.74, 6) is -2.49. The molecule has 1 aromatic heterocycles. The first-order valence-electron chi connectivity index (χ1n) is 11.9. The lowest BCUT2D eigenvalue weighted by Gasteiger charge is -2.25. The largest absolute Gasteiger partial charge is 0.573 e. The summed E-state index contributed by atoms with van der Waals surface area (Å²) in [7, 11) is 0. The fraction of sp³-hybridized carbons (Fsp3) is 0.138. The highest BCUT2D eigenvalue weighted by atomic mass is 19.4. The topological polar surface area (TPSA) is 97.8 Å². The molecular formula is C29H22F4N2O5. The molecule has 0 saturated heterocycles. The van der Waals surface area contributed by atoms with Gasteiger partial charge in [0.25, 0.3) is 5.91 Å². The maximum Gasteiger partial charge on any atom is 0.573 e. The Hall–Kier alpha value is -4.93. The van der Waals surface area contributed by atoms with E-state index in [9.17, 15) is 32.3 Å². The predicted molar refractivity (Wildman–Crippen MR) is 136 cm³/mol. The summed E-state index contributed by atoms with van der Waals surface area (Å²) in [6, 6.07) is 21.5. The van der Waals surface area contributed by atoms with Crippen molar-refractivity contribution in [1.82, 2.24) is 10.3 Å². The van der Waals surface area contributed by atoms with E-state index in [1.807, 2.05) is 36.4 Å². The number of alkyl halides is 3. The molecule has 1 aliphatic heterocycles. The lowest BCUT2D eigenvalue weighted by Crippen LogP contribution is -2.32. The van der Waals surface area contributed by atoms with Crippen molar-refractivity contribution in [2.24, 2.45) is 0 Å². The van der Waals surface area contributed by atoms with E-state index in [2.05, 4.69) is 15.0 Å². The van der Waals surface area contributed by atoms with Crippen molar-refractivity contribution < 1.29 is 41.7 Å². The van der Waals surface area contributed by atoms with E-state index in [4.69, 9.17) is 4.74 Å². The molecule has 0 fully saturated rings. The molecule has 1 amide bonds. The van der Waals surface area contributed by atoms with Crippen molar-refractivity contribution in [2.75, 3.05) is 6.61 Å². The normalized spacial score (nSPS) is 14.1. The Morgan fingerprint density at radius 3 is 2.40 bits per heavy atom. The molecule has 2 heterocycles. The van der Waals surface area contributed by atoms with Gasteiger partial charge in [0.2, 0.25) is 0 Å². The minimum Gasteiger partial charge on any atom is -0.491 e. The summed E-state index contributed by atoms with van der Waals surface area (Å²) >= 11 is 0. The van der Waals surface area contributed by atoms with Crippen molar-refractivity contribution in [3.63, 3.8) is 0 Å².